The van der Waals surface area contributed by atoms with Gasteiger partial charge in [0.15, 0.2) is 0 Å². The maximum absolute atomic E-state index is 3.58. The van der Waals surface area contributed by atoms with Crippen LogP contribution in [0.5, 0.6) is 0 Å². The first-order valence-electron chi connectivity index (χ1n) is 7.30. The average molecular weight is 325 g/mol. The number of likely N-dealkylation sites (tertiary alicyclic amines) is 1. The van der Waals surface area contributed by atoms with Crippen LogP contribution in [0.4, 0.5) is 5.69 Å². The molecule has 19 heavy (non-hydrogen) atoms. The minimum absolute atomic E-state index is 0.706. The van der Waals surface area contributed by atoms with Gasteiger partial charge in [-0.3, -0.25) is 4.90 Å². The third-order valence-corrected chi connectivity index (χ3v) is 5.00. The van der Waals surface area contributed by atoms with E-state index in [0.29, 0.717) is 6.04 Å². The molecule has 0 saturated carbocycles. The number of rotatable bonds is 4. The number of anilines is 1. The summed E-state index contributed by atoms with van der Waals surface area (Å²) in [5.41, 5.74) is 1.19. The molecule has 3 unspecified atom stereocenters. The van der Waals surface area contributed by atoms with E-state index in [2.05, 4.69) is 65.1 Å². The zero-order valence-electron chi connectivity index (χ0n) is 12.2. The molecule has 0 radical (unpaired) electrons. The molecule has 1 aromatic carbocycles. The van der Waals surface area contributed by atoms with Gasteiger partial charge in [0.1, 0.15) is 0 Å². The summed E-state index contributed by atoms with van der Waals surface area (Å²) in [5, 5.41) is 3.52. The van der Waals surface area contributed by atoms with Crippen molar-refractivity contribution in [1.29, 1.82) is 0 Å². The van der Waals surface area contributed by atoms with Gasteiger partial charge in [-0.05, 0) is 53.2 Å². The van der Waals surface area contributed by atoms with Crippen LogP contribution < -0.4 is 5.32 Å². The zero-order valence-corrected chi connectivity index (χ0v) is 13.8. The quantitative estimate of drug-likeness (QED) is 0.891. The van der Waals surface area contributed by atoms with Crippen LogP contribution in [0.1, 0.15) is 27.2 Å². The van der Waals surface area contributed by atoms with Crippen molar-refractivity contribution >= 4 is 21.6 Å². The van der Waals surface area contributed by atoms with Crippen molar-refractivity contribution in [3.05, 3.63) is 28.7 Å². The maximum atomic E-state index is 3.58. The van der Waals surface area contributed by atoms with Crippen LogP contribution in [-0.4, -0.2) is 30.6 Å². The molecule has 1 saturated heterocycles. The van der Waals surface area contributed by atoms with Crippen LogP contribution in [0.3, 0.4) is 0 Å². The zero-order chi connectivity index (χ0) is 13.8. The first-order chi connectivity index (χ1) is 9.08. The Balaban J connectivity index is 1.83. The number of para-hydroxylation sites is 1. The van der Waals surface area contributed by atoms with Crippen LogP contribution in [0.2, 0.25) is 0 Å². The minimum atomic E-state index is 0.706. The van der Waals surface area contributed by atoms with Crippen molar-refractivity contribution in [3.63, 3.8) is 0 Å². The summed E-state index contributed by atoms with van der Waals surface area (Å²) in [6, 6.07) is 9.02. The van der Waals surface area contributed by atoms with Crippen LogP contribution in [0.15, 0.2) is 28.7 Å². The number of piperidine rings is 1. The second kappa shape index (κ2) is 6.76. The summed E-state index contributed by atoms with van der Waals surface area (Å²) in [6.07, 6.45) is 1.37. The summed E-state index contributed by atoms with van der Waals surface area (Å²) in [4.78, 5) is 2.63. The number of nitrogens with one attached hydrogen (secondary N) is 1. The van der Waals surface area contributed by atoms with E-state index in [4.69, 9.17) is 0 Å². The average Bonchev–Trinajstić information content (AvgIpc) is 2.37. The molecule has 1 heterocycles. The lowest BCUT2D eigenvalue weighted by Gasteiger charge is -2.41. The molecule has 2 rings (SSSR count). The van der Waals surface area contributed by atoms with Crippen LogP contribution in [0, 0.1) is 11.8 Å². The van der Waals surface area contributed by atoms with Gasteiger partial charge in [0.25, 0.3) is 0 Å². The second-order valence-electron chi connectivity index (χ2n) is 5.96. The van der Waals surface area contributed by atoms with Crippen molar-refractivity contribution in [2.75, 3.05) is 25.0 Å². The normalized spacial score (nSPS) is 28.3. The molecule has 0 spiro atoms. The van der Waals surface area contributed by atoms with Crippen LogP contribution >= 0.6 is 15.9 Å². The second-order valence-corrected chi connectivity index (χ2v) is 6.81. The van der Waals surface area contributed by atoms with Crippen molar-refractivity contribution in [2.24, 2.45) is 11.8 Å². The van der Waals surface area contributed by atoms with Crippen LogP contribution in [0.25, 0.3) is 0 Å². The first-order valence-corrected chi connectivity index (χ1v) is 8.09. The van der Waals surface area contributed by atoms with E-state index in [-0.39, 0.29) is 0 Å². The molecule has 106 valence electrons. The van der Waals surface area contributed by atoms with Gasteiger partial charge in [0.05, 0.1) is 0 Å². The highest BCUT2D eigenvalue weighted by Crippen LogP contribution is 2.26. The minimum Gasteiger partial charge on any atom is -0.383 e. The van der Waals surface area contributed by atoms with Gasteiger partial charge >= 0.3 is 0 Å². The van der Waals surface area contributed by atoms with Gasteiger partial charge in [-0.1, -0.05) is 26.0 Å². The Hall–Kier alpha value is -0.540. The van der Waals surface area contributed by atoms with Gasteiger partial charge < -0.3 is 5.32 Å². The van der Waals surface area contributed by atoms with E-state index in [1.165, 1.54) is 18.7 Å². The van der Waals surface area contributed by atoms with E-state index in [9.17, 15) is 0 Å². The highest BCUT2D eigenvalue weighted by molar-refractivity contribution is 9.10. The largest absolute Gasteiger partial charge is 0.383 e. The molecule has 2 nitrogen and oxygen atoms in total. The lowest BCUT2D eigenvalue weighted by molar-refractivity contribution is 0.0839. The van der Waals surface area contributed by atoms with Crippen molar-refractivity contribution < 1.29 is 0 Å². The van der Waals surface area contributed by atoms with Gasteiger partial charge in [0.2, 0.25) is 0 Å². The molecule has 0 amide bonds. The summed E-state index contributed by atoms with van der Waals surface area (Å²) in [5.74, 6) is 1.64. The fourth-order valence-electron chi connectivity index (χ4n) is 3.07. The Morgan fingerprint density at radius 3 is 2.74 bits per heavy atom. The molecule has 1 fully saturated rings. The summed E-state index contributed by atoms with van der Waals surface area (Å²) in [7, 11) is 0. The van der Waals surface area contributed by atoms with Gasteiger partial charge in [0, 0.05) is 35.8 Å². The van der Waals surface area contributed by atoms with Crippen molar-refractivity contribution in [2.45, 2.75) is 33.2 Å². The van der Waals surface area contributed by atoms with E-state index >= 15 is 0 Å². The fourth-order valence-corrected chi connectivity index (χ4v) is 3.49. The van der Waals surface area contributed by atoms with E-state index in [1.54, 1.807) is 0 Å². The topological polar surface area (TPSA) is 15.3 Å². The first kappa shape index (κ1) is 14.9. The van der Waals surface area contributed by atoms with Crippen molar-refractivity contribution in [1.82, 2.24) is 4.90 Å². The summed E-state index contributed by atoms with van der Waals surface area (Å²) in [6.45, 7) is 10.5. The van der Waals surface area contributed by atoms with E-state index in [1.807, 2.05) is 6.07 Å². The highest BCUT2D eigenvalue weighted by Gasteiger charge is 2.28. The van der Waals surface area contributed by atoms with Crippen molar-refractivity contribution in [3.8, 4) is 0 Å². The SMILES string of the molecule is CC1CC(C)C(C)N(CCNc2ccccc2Br)C1. The molecule has 1 aliphatic rings. The third kappa shape index (κ3) is 3.96. The number of hydrogen-bond acceptors (Lipinski definition) is 2. The molecular weight excluding hydrogens is 300 g/mol. The predicted molar refractivity (Wildman–Crippen MR) is 86.6 cm³/mol. The highest BCUT2D eigenvalue weighted by atomic mass is 79.9. The molecule has 0 aromatic heterocycles. The molecule has 0 aliphatic carbocycles. The molecule has 0 bridgehead atoms. The predicted octanol–water partition coefficient (Wildman–Crippen LogP) is 4.23. The molecule has 3 heteroatoms. The smallest absolute Gasteiger partial charge is 0.0485 e. The van der Waals surface area contributed by atoms with Gasteiger partial charge in [-0.25, -0.2) is 0 Å². The summed E-state index contributed by atoms with van der Waals surface area (Å²) >= 11 is 3.58. The Bertz CT molecular complexity index is 407. The number of hydrogen-bond donors (Lipinski definition) is 1. The Morgan fingerprint density at radius 1 is 1.26 bits per heavy atom. The van der Waals surface area contributed by atoms with Gasteiger partial charge in [-0.15, -0.1) is 0 Å². The molecule has 1 N–H and O–H groups in total. The lowest BCUT2D eigenvalue weighted by atomic mass is 9.86. The monoisotopic (exact) mass is 324 g/mol. The van der Waals surface area contributed by atoms with E-state index < -0.39 is 0 Å². The molecule has 1 aliphatic heterocycles. The maximum Gasteiger partial charge on any atom is 0.0485 e. The lowest BCUT2D eigenvalue weighted by Crippen LogP contribution is -2.47. The molecule has 1 aromatic rings. The third-order valence-electron chi connectivity index (χ3n) is 4.31. The standard InChI is InChI=1S/C16H25BrN2/c1-12-10-13(2)14(3)19(11-12)9-8-18-16-7-5-4-6-15(16)17/h4-7,12-14,18H,8-11H2,1-3H3. The summed E-state index contributed by atoms with van der Waals surface area (Å²) < 4.78 is 1.14. The molecular formula is C16H25BrN2. The Morgan fingerprint density at radius 2 is 2.00 bits per heavy atom. The van der Waals surface area contributed by atoms with Crippen LogP contribution in [-0.2, 0) is 0 Å². The number of nitrogens with zero attached hydrogens (tertiary/aromatic N) is 1. The van der Waals surface area contributed by atoms with E-state index in [0.717, 1.165) is 29.4 Å². The van der Waals surface area contributed by atoms with Gasteiger partial charge in [-0.2, -0.15) is 0 Å². The fraction of sp³-hybridized carbons (Fsp3) is 0.625. The Labute approximate surface area is 125 Å². The Kier molecular flexibility index (Phi) is 5.28. The molecule has 3 atom stereocenters. The number of halogens is 1. The number of benzene rings is 1.